The Bertz CT molecular complexity index is 439. The predicted molar refractivity (Wildman–Crippen MR) is 77.0 cm³/mol. The Hall–Kier alpha value is -1.06. The summed E-state index contributed by atoms with van der Waals surface area (Å²) in [6.45, 7) is 11.0. The molecule has 0 aliphatic heterocycles. The van der Waals surface area contributed by atoms with Crippen molar-refractivity contribution in [2.75, 3.05) is 13.7 Å². The van der Waals surface area contributed by atoms with Crippen molar-refractivity contribution in [3.63, 3.8) is 0 Å². The molecule has 0 saturated carbocycles. The van der Waals surface area contributed by atoms with Gasteiger partial charge in [0.15, 0.2) is 0 Å². The van der Waals surface area contributed by atoms with Crippen LogP contribution in [-0.2, 0) is 0 Å². The third-order valence-electron chi connectivity index (χ3n) is 4.01. The molecule has 0 fully saturated rings. The molecule has 0 spiro atoms. The average molecular weight is 250 g/mol. The molecule has 0 amide bonds. The van der Waals surface area contributed by atoms with Crippen LogP contribution in [0.1, 0.15) is 42.1 Å². The van der Waals surface area contributed by atoms with E-state index in [-0.39, 0.29) is 11.5 Å². The largest absolute Gasteiger partial charge is 0.496 e. The van der Waals surface area contributed by atoms with E-state index in [1.54, 1.807) is 7.11 Å². The summed E-state index contributed by atoms with van der Waals surface area (Å²) in [4.78, 5) is 0. The number of rotatable bonds is 4. The van der Waals surface area contributed by atoms with Crippen LogP contribution < -0.4 is 16.2 Å². The number of aryl methyl sites for hydroxylation is 1. The first-order valence-electron chi connectivity index (χ1n) is 6.36. The van der Waals surface area contributed by atoms with Crippen LogP contribution in [0, 0.1) is 26.2 Å². The fraction of sp³-hybridized carbons (Fsp3) is 0.600. The van der Waals surface area contributed by atoms with Crippen molar-refractivity contribution in [1.82, 2.24) is 0 Å². The molecule has 1 aromatic rings. The summed E-state index contributed by atoms with van der Waals surface area (Å²) in [5, 5.41) is 0. The number of benzene rings is 1. The van der Waals surface area contributed by atoms with Crippen molar-refractivity contribution in [2.24, 2.45) is 16.9 Å². The molecule has 4 N–H and O–H groups in total. The van der Waals surface area contributed by atoms with E-state index in [4.69, 9.17) is 16.2 Å². The van der Waals surface area contributed by atoms with E-state index in [1.165, 1.54) is 16.7 Å². The summed E-state index contributed by atoms with van der Waals surface area (Å²) in [5.74, 6) is 0.923. The van der Waals surface area contributed by atoms with Gasteiger partial charge in [-0.15, -0.1) is 0 Å². The molecular weight excluding hydrogens is 224 g/mol. The molecule has 0 radical (unpaired) electrons. The molecule has 0 aliphatic rings. The van der Waals surface area contributed by atoms with Gasteiger partial charge in [-0.3, -0.25) is 0 Å². The molecule has 3 heteroatoms. The Morgan fingerprint density at radius 3 is 2.22 bits per heavy atom. The standard InChI is InChI=1S/C15H26N2O/c1-9-7-12(18-6)10(2)11(3)13(9)14(17)15(4,5)8-16/h7,14H,8,16-17H2,1-6H3. The van der Waals surface area contributed by atoms with Gasteiger partial charge >= 0.3 is 0 Å². The highest BCUT2D eigenvalue weighted by Crippen LogP contribution is 2.37. The van der Waals surface area contributed by atoms with E-state index >= 15 is 0 Å². The fourth-order valence-corrected chi connectivity index (χ4v) is 2.27. The minimum Gasteiger partial charge on any atom is -0.496 e. The van der Waals surface area contributed by atoms with Gasteiger partial charge in [0.1, 0.15) is 5.75 Å². The van der Waals surface area contributed by atoms with Crippen molar-refractivity contribution < 1.29 is 4.74 Å². The first-order valence-corrected chi connectivity index (χ1v) is 6.36. The molecule has 0 bridgehead atoms. The van der Waals surface area contributed by atoms with Crippen LogP contribution in [0.25, 0.3) is 0 Å². The third-order valence-corrected chi connectivity index (χ3v) is 4.01. The molecule has 18 heavy (non-hydrogen) atoms. The third kappa shape index (κ3) is 2.52. The first-order chi connectivity index (χ1) is 8.26. The van der Waals surface area contributed by atoms with Gasteiger partial charge in [-0.05, 0) is 61.1 Å². The van der Waals surface area contributed by atoms with Crippen LogP contribution in [0.15, 0.2) is 6.07 Å². The molecule has 0 aromatic heterocycles. The minimum absolute atomic E-state index is 0.0629. The lowest BCUT2D eigenvalue weighted by Gasteiger charge is -2.33. The highest BCUT2D eigenvalue weighted by atomic mass is 16.5. The molecule has 102 valence electrons. The Kier molecular flexibility index (Phi) is 4.41. The van der Waals surface area contributed by atoms with Crippen LogP contribution in [0.4, 0.5) is 0 Å². The summed E-state index contributed by atoms with van der Waals surface area (Å²) < 4.78 is 5.39. The topological polar surface area (TPSA) is 61.3 Å². The number of methoxy groups -OCH3 is 1. The summed E-state index contributed by atoms with van der Waals surface area (Å²) in [5.41, 5.74) is 16.9. The second-order valence-electron chi connectivity index (χ2n) is 5.73. The number of hydrogen-bond acceptors (Lipinski definition) is 3. The van der Waals surface area contributed by atoms with E-state index in [9.17, 15) is 0 Å². The Labute approximate surface area is 111 Å². The van der Waals surface area contributed by atoms with Gasteiger partial charge in [0.25, 0.3) is 0 Å². The van der Waals surface area contributed by atoms with Crippen molar-refractivity contribution in [2.45, 2.75) is 40.7 Å². The van der Waals surface area contributed by atoms with E-state index in [1.807, 2.05) is 0 Å². The van der Waals surface area contributed by atoms with Crippen molar-refractivity contribution >= 4 is 0 Å². The lowest BCUT2D eigenvalue weighted by molar-refractivity contribution is 0.299. The van der Waals surface area contributed by atoms with E-state index in [0.717, 1.165) is 11.3 Å². The van der Waals surface area contributed by atoms with Crippen LogP contribution in [0.5, 0.6) is 5.75 Å². The number of ether oxygens (including phenoxy) is 1. The van der Waals surface area contributed by atoms with E-state index in [2.05, 4.69) is 40.7 Å². The number of nitrogens with two attached hydrogens (primary N) is 2. The van der Waals surface area contributed by atoms with Gasteiger partial charge < -0.3 is 16.2 Å². The van der Waals surface area contributed by atoms with Gasteiger partial charge in [0.2, 0.25) is 0 Å². The summed E-state index contributed by atoms with van der Waals surface area (Å²) in [6, 6.07) is 2.00. The molecule has 1 unspecified atom stereocenters. The second-order valence-corrected chi connectivity index (χ2v) is 5.73. The lowest BCUT2D eigenvalue weighted by Crippen LogP contribution is -2.36. The molecule has 0 heterocycles. The van der Waals surface area contributed by atoms with Gasteiger partial charge in [0.05, 0.1) is 7.11 Å². The smallest absolute Gasteiger partial charge is 0.122 e. The van der Waals surface area contributed by atoms with Gasteiger partial charge in [-0.25, -0.2) is 0 Å². The van der Waals surface area contributed by atoms with Crippen molar-refractivity contribution in [1.29, 1.82) is 0 Å². The summed E-state index contributed by atoms with van der Waals surface area (Å²) >= 11 is 0. The molecule has 1 aromatic carbocycles. The normalized spacial score (nSPS) is 13.6. The zero-order valence-corrected chi connectivity index (χ0v) is 12.4. The minimum atomic E-state index is -0.115. The van der Waals surface area contributed by atoms with Crippen LogP contribution in [0.3, 0.4) is 0 Å². The highest BCUT2D eigenvalue weighted by Gasteiger charge is 2.29. The number of hydrogen-bond donors (Lipinski definition) is 2. The van der Waals surface area contributed by atoms with Crippen molar-refractivity contribution in [3.8, 4) is 5.75 Å². The maximum Gasteiger partial charge on any atom is 0.122 e. The molecule has 0 saturated heterocycles. The SMILES string of the molecule is COc1cc(C)c(C(N)C(C)(C)CN)c(C)c1C. The lowest BCUT2D eigenvalue weighted by atomic mass is 9.77. The maximum atomic E-state index is 6.42. The predicted octanol–water partition coefficient (Wildman–Crippen LogP) is 2.61. The zero-order chi connectivity index (χ0) is 14.1. The quantitative estimate of drug-likeness (QED) is 0.863. The van der Waals surface area contributed by atoms with Crippen LogP contribution >= 0.6 is 0 Å². The maximum absolute atomic E-state index is 6.42. The van der Waals surface area contributed by atoms with Crippen LogP contribution in [0.2, 0.25) is 0 Å². The monoisotopic (exact) mass is 250 g/mol. The zero-order valence-electron chi connectivity index (χ0n) is 12.4. The summed E-state index contributed by atoms with van der Waals surface area (Å²) in [7, 11) is 1.70. The van der Waals surface area contributed by atoms with Crippen LogP contribution in [-0.4, -0.2) is 13.7 Å². The average Bonchev–Trinajstić information content (AvgIpc) is 2.33. The molecule has 0 aliphatic carbocycles. The molecular formula is C15H26N2O. The first kappa shape index (κ1) is 15.0. The molecule has 3 nitrogen and oxygen atoms in total. The summed E-state index contributed by atoms with van der Waals surface area (Å²) in [6.07, 6.45) is 0. The Balaban J connectivity index is 3.38. The Morgan fingerprint density at radius 2 is 1.78 bits per heavy atom. The van der Waals surface area contributed by atoms with Gasteiger partial charge in [-0.2, -0.15) is 0 Å². The highest BCUT2D eigenvalue weighted by molar-refractivity contribution is 5.49. The van der Waals surface area contributed by atoms with Gasteiger partial charge in [0, 0.05) is 6.04 Å². The fourth-order valence-electron chi connectivity index (χ4n) is 2.27. The molecule has 1 atom stereocenters. The van der Waals surface area contributed by atoms with E-state index in [0.29, 0.717) is 6.54 Å². The van der Waals surface area contributed by atoms with E-state index < -0.39 is 0 Å². The second kappa shape index (κ2) is 5.29. The van der Waals surface area contributed by atoms with Crippen molar-refractivity contribution in [3.05, 3.63) is 28.3 Å². The molecule has 1 rings (SSSR count). The Morgan fingerprint density at radius 1 is 1.22 bits per heavy atom. The van der Waals surface area contributed by atoms with Gasteiger partial charge in [-0.1, -0.05) is 13.8 Å².